The number of carbonyl (C=O) groups excluding carboxylic acids is 1. The number of para-hydroxylation sites is 1. The van der Waals surface area contributed by atoms with Crippen molar-refractivity contribution in [3.63, 3.8) is 0 Å². The van der Waals surface area contributed by atoms with Crippen LogP contribution in [0.2, 0.25) is 0 Å². The van der Waals surface area contributed by atoms with E-state index in [4.69, 9.17) is 0 Å². The van der Waals surface area contributed by atoms with Crippen molar-refractivity contribution < 1.29 is 4.79 Å². The summed E-state index contributed by atoms with van der Waals surface area (Å²) in [6.45, 7) is 0. The first kappa shape index (κ1) is 18.9. The maximum absolute atomic E-state index is 12.8. The largest absolute Gasteiger partial charge is 0.348 e. The first-order chi connectivity index (χ1) is 14.0. The molecule has 0 bridgehead atoms. The molecule has 1 atom stereocenters. The van der Waals surface area contributed by atoms with Gasteiger partial charge in [0, 0.05) is 14.1 Å². The minimum atomic E-state index is -0.528. The fourth-order valence-corrected chi connectivity index (χ4v) is 4.07. The lowest BCUT2D eigenvalue weighted by Crippen LogP contribution is -2.27. The number of amides is 1. The molecule has 0 aliphatic heterocycles. The first-order valence-corrected chi connectivity index (χ1v) is 9.89. The Kier molecular flexibility index (Phi) is 5.18. The Hall–Kier alpha value is -3.39. The average molecular weight is 405 g/mol. The lowest BCUT2D eigenvalue weighted by atomic mass is 10.1. The molecule has 4 rings (SSSR count). The molecule has 0 radical (unpaired) electrons. The van der Waals surface area contributed by atoms with Gasteiger partial charge in [-0.1, -0.05) is 60.3 Å². The predicted molar refractivity (Wildman–Crippen MR) is 113 cm³/mol. The van der Waals surface area contributed by atoms with Crippen molar-refractivity contribution in [3.8, 4) is 5.69 Å². The summed E-state index contributed by atoms with van der Waals surface area (Å²) in [5.74, 6) is -0.0829. The van der Waals surface area contributed by atoms with Gasteiger partial charge in [-0.2, -0.15) is 5.10 Å². The van der Waals surface area contributed by atoms with Gasteiger partial charge in [-0.25, -0.2) is 9.67 Å². The molecular formula is C21H19N5O2S. The highest BCUT2D eigenvalue weighted by molar-refractivity contribution is 8.00. The highest BCUT2D eigenvalue weighted by Gasteiger charge is 2.25. The molecule has 0 aliphatic rings. The van der Waals surface area contributed by atoms with Crippen LogP contribution in [0.1, 0.15) is 10.8 Å². The van der Waals surface area contributed by atoms with Crippen LogP contribution in [0.25, 0.3) is 16.7 Å². The zero-order valence-electron chi connectivity index (χ0n) is 15.9. The van der Waals surface area contributed by atoms with Crippen LogP contribution >= 0.6 is 11.8 Å². The summed E-state index contributed by atoms with van der Waals surface area (Å²) in [7, 11) is 3.42. The van der Waals surface area contributed by atoms with Crippen molar-refractivity contribution in [2.75, 3.05) is 14.1 Å². The van der Waals surface area contributed by atoms with Gasteiger partial charge >= 0.3 is 0 Å². The van der Waals surface area contributed by atoms with E-state index in [1.807, 2.05) is 60.7 Å². The van der Waals surface area contributed by atoms with Gasteiger partial charge in [0.05, 0.1) is 11.9 Å². The van der Waals surface area contributed by atoms with E-state index >= 15 is 0 Å². The van der Waals surface area contributed by atoms with Gasteiger partial charge in [0.25, 0.3) is 5.56 Å². The average Bonchev–Trinajstić information content (AvgIpc) is 3.17. The normalized spacial score (nSPS) is 12.1. The number of H-pyrrole nitrogens is 1. The smallest absolute Gasteiger partial charge is 0.262 e. The summed E-state index contributed by atoms with van der Waals surface area (Å²) < 4.78 is 1.62. The third-order valence-electron chi connectivity index (χ3n) is 4.41. The monoisotopic (exact) mass is 405 g/mol. The van der Waals surface area contributed by atoms with E-state index in [1.54, 1.807) is 18.8 Å². The maximum atomic E-state index is 12.8. The molecule has 2 heterocycles. The van der Waals surface area contributed by atoms with E-state index in [1.165, 1.54) is 22.9 Å². The van der Waals surface area contributed by atoms with Gasteiger partial charge in [-0.05, 0) is 17.7 Å². The maximum Gasteiger partial charge on any atom is 0.262 e. The third-order valence-corrected chi connectivity index (χ3v) is 5.54. The standard InChI is InChI=1S/C21H19N5O2S/c1-25(2)20(28)17(14-9-5-3-6-10-14)29-21-23-18-16(19(27)24-21)13-22-26(18)15-11-7-4-8-12-15/h3-13,17H,1-2H3,(H,23,24,27). The van der Waals surface area contributed by atoms with Crippen molar-refractivity contribution in [1.82, 2.24) is 24.6 Å². The van der Waals surface area contributed by atoms with Crippen LogP contribution in [0.3, 0.4) is 0 Å². The third kappa shape index (κ3) is 3.79. The van der Waals surface area contributed by atoms with Gasteiger partial charge < -0.3 is 9.88 Å². The van der Waals surface area contributed by atoms with Crippen LogP contribution in [0.5, 0.6) is 0 Å². The molecular weight excluding hydrogens is 386 g/mol. The minimum Gasteiger partial charge on any atom is -0.348 e. The van der Waals surface area contributed by atoms with Gasteiger partial charge in [0.1, 0.15) is 10.6 Å². The molecule has 0 fully saturated rings. The second-order valence-corrected chi connectivity index (χ2v) is 7.74. The SMILES string of the molecule is CN(C)C(=O)C(Sc1nc2c(cnn2-c2ccccc2)c(=O)[nH]1)c1ccccc1. The summed E-state index contributed by atoms with van der Waals surface area (Å²) in [6, 6.07) is 18.9. The molecule has 4 aromatic rings. The summed E-state index contributed by atoms with van der Waals surface area (Å²) in [5.41, 5.74) is 1.81. The Morgan fingerprint density at radius 3 is 2.38 bits per heavy atom. The highest BCUT2D eigenvalue weighted by Crippen LogP contribution is 2.34. The number of benzene rings is 2. The van der Waals surface area contributed by atoms with E-state index in [0.29, 0.717) is 16.2 Å². The molecule has 1 amide bonds. The number of aromatic nitrogens is 4. The molecule has 0 spiro atoms. The van der Waals surface area contributed by atoms with Crippen molar-refractivity contribution in [2.24, 2.45) is 0 Å². The lowest BCUT2D eigenvalue weighted by molar-refractivity contribution is -0.128. The van der Waals surface area contributed by atoms with Crippen molar-refractivity contribution >= 4 is 28.7 Å². The number of likely N-dealkylation sites (N-methyl/N-ethyl adjacent to an activating group) is 1. The number of carbonyl (C=O) groups is 1. The van der Waals surface area contributed by atoms with Crippen LogP contribution in [-0.2, 0) is 4.79 Å². The molecule has 0 aliphatic carbocycles. The number of hydrogen-bond donors (Lipinski definition) is 1. The number of aromatic amines is 1. The second-order valence-electron chi connectivity index (χ2n) is 6.64. The van der Waals surface area contributed by atoms with Crippen LogP contribution in [0.15, 0.2) is 76.8 Å². The number of thioether (sulfide) groups is 1. The quantitative estimate of drug-likeness (QED) is 0.408. The van der Waals surface area contributed by atoms with Crippen LogP contribution in [0.4, 0.5) is 0 Å². The number of fused-ring (bicyclic) bond motifs is 1. The van der Waals surface area contributed by atoms with Crippen molar-refractivity contribution in [2.45, 2.75) is 10.4 Å². The molecule has 1 unspecified atom stereocenters. The molecule has 7 nitrogen and oxygen atoms in total. The molecule has 1 N–H and O–H groups in total. The summed E-state index contributed by atoms with van der Waals surface area (Å²) >= 11 is 1.22. The highest BCUT2D eigenvalue weighted by atomic mass is 32.2. The van der Waals surface area contributed by atoms with Crippen molar-refractivity contribution in [1.29, 1.82) is 0 Å². The topological polar surface area (TPSA) is 83.9 Å². The Morgan fingerprint density at radius 1 is 1.07 bits per heavy atom. The fraction of sp³-hybridized carbons (Fsp3) is 0.143. The Labute approximate surface area is 171 Å². The van der Waals surface area contributed by atoms with Crippen LogP contribution < -0.4 is 5.56 Å². The summed E-state index contributed by atoms with van der Waals surface area (Å²) in [5, 5.41) is 4.55. The molecule has 0 saturated carbocycles. The van der Waals surface area contributed by atoms with Gasteiger partial charge in [0.15, 0.2) is 10.8 Å². The number of nitrogens with zero attached hydrogens (tertiary/aromatic N) is 4. The molecule has 8 heteroatoms. The number of rotatable bonds is 5. The Balaban J connectivity index is 1.78. The van der Waals surface area contributed by atoms with Crippen LogP contribution in [0, 0.1) is 0 Å². The van der Waals surface area contributed by atoms with E-state index in [0.717, 1.165) is 11.3 Å². The minimum absolute atomic E-state index is 0.0829. The first-order valence-electron chi connectivity index (χ1n) is 9.01. The number of hydrogen-bond acceptors (Lipinski definition) is 5. The molecule has 29 heavy (non-hydrogen) atoms. The zero-order valence-corrected chi connectivity index (χ0v) is 16.8. The van der Waals surface area contributed by atoms with Crippen LogP contribution in [-0.4, -0.2) is 44.7 Å². The van der Waals surface area contributed by atoms with E-state index in [9.17, 15) is 9.59 Å². The molecule has 0 saturated heterocycles. The summed E-state index contributed by atoms with van der Waals surface area (Å²) in [4.78, 5) is 34.3. The Morgan fingerprint density at radius 2 is 1.72 bits per heavy atom. The summed E-state index contributed by atoms with van der Waals surface area (Å²) in [6.07, 6.45) is 1.50. The molecule has 146 valence electrons. The Bertz CT molecular complexity index is 1200. The second kappa shape index (κ2) is 7.92. The van der Waals surface area contributed by atoms with E-state index in [2.05, 4.69) is 15.1 Å². The van der Waals surface area contributed by atoms with Crippen molar-refractivity contribution in [3.05, 3.63) is 82.8 Å². The fourth-order valence-electron chi connectivity index (χ4n) is 2.95. The van der Waals surface area contributed by atoms with Gasteiger partial charge in [-0.15, -0.1) is 0 Å². The van der Waals surface area contributed by atoms with Gasteiger partial charge in [-0.3, -0.25) is 9.59 Å². The lowest BCUT2D eigenvalue weighted by Gasteiger charge is -2.20. The molecule has 2 aromatic carbocycles. The van der Waals surface area contributed by atoms with E-state index < -0.39 is 5.25 Å². The zero-order chi connectivity index (χ0) is 20.4. The number of nitrogens with one attached hydrogen (secondary N) is 1. The molecule has 2 aromatic heterocycles. The predicted octanol–water partition coefficient (Wildman–Crippen LogP) is 3.03. The van der Waals surface area contributed by atoms with E-state index in [-0.39, 0.29) is 11.5 Å². The van der Waals surface area contributed by atoms with Gasteiger partial charge in [0.2, 0.25) is 5.91 Å².